The van der Waals surface area contributed by atoms with Gasteiger partial charge in [0.15, 0.2) is 30.5 Å². The van der Waals surface area contributed by atoms with E-state index in [0.29, 0.717) is 66.8 Å². The molecule has 0 saturated carbocycles. The van der Waals surface area contributed by atoms with Gasteiger partial charge in [0.1, 0.15) is 23.0 Å². The summed E-state index contributed by atoms with van der Waals surface area (Å²) in [6, 6.07) is 16.6. The molecule has 2 atom stereocenters. The Balaban J connectivity index is 0.758. The number of rotatable bonds is 19. The number of anilines is 2. The fourth-order valence-electron chi connectivity index (χ4n) is 11.0. The highest BCUT2D eigenvalue weighted by Crippen LogP contribution is 2.45. The third kappa shape index (κ3) is 10.8. The Morgan fingerprint density at radius 2 is 1.61 bits per heavy atom. The number of benzene rings is 3. The summed E-state index contributed by atoms with van der Waals surface area (Å²) < 4.78 is 57.1. The van der Waals surface area contributed by atoms with Crippen LogP contribution in [-0.2, 0) is 19.1 Å². The second-order valence-electron chi connectivity index (χ2n) is 21.1. The van der Waals surface area contributed by atoms with Crippen molar-refractivity contribution < 1.29 is 51.5 Å². The van der Waals surface area contributed by atoms with Gasteiger partial charge in [-0.3, -0.25) is 23.9 Å². The molecule has 5 aromatic rings. The minimum atomic E-state index is -2.51. The van der Waals surface area contributed by atoms with Crippen molar-refractivity contribution in [3.8, 4) is 5.00 Å². The Morgan fingerprint density at radius 1 is 0.900 bits per heavy atom. The van der Waals surface area contributed by atoms with Crippen molar-refractivity contribution in [2.45, 2.75) is 65.6 Å². The molecule has 2 fully saturated rings. The molecule has 0 bridgehead atoms. The number of nitrogens with one attached hydrogen (secondary N) is 3. The van der Waals surface area contributed by atoms with Crippen LogP contribution in [0.1, 0.15) is 84.4 Å². The van der Waals surface area contributed by atoms with Crippen LogP contribution in [0.4, 0.5) is 24.5 Å². The Bertz CT molecular complexity index is 3510. The number of allylic oxidation sites excluding steroid dienone is 5. The molecule has 5 aliphatic rings. The fraction of sp³-hybridized carbons (Fsp3) is 0.356. The highest BCUT2D eigenvalue weighted by Gasteiger charge is 2.39. The summed E-state index contributed by atoms with van der Waals surface area (Å²) in [6.07, 6.45) is 4.63. The standard InChI is InChI=1S/C59H62F3N9O7SSi/c1-8-43(53-54-68-67-35(5)71(54)58-50(32(2)34(4)79-58)52(66-53)36-9-12-40(13-10-36)65-55(72)33(3)60)57(74)64-20-22-78-24-23-77-21-19-63-56(73)37-11-16-44(59(75)76)47(25-37)51-45-17-14-41(69-28-38(61)29-69)26-48(45)80(6,7)49-27-42(15-18-46(49)51)70-30-39(62)31-70/h9-18,25-27,38-39,43,53H,3,8,19-24,28-31H2,1-2,4-7H3,(H3-,63,64,65,66,72,73,74,75,76)/q-1/t43-,53+/m1/s1. The second kappa shape index (κ2) is 22.9. The first-order chi connectivity index (χ1) is 38.3. The maximum absolute atomic E-state index is 14.0. The molecular weight excluding hydrogens is 1060 g/mol. The molecule has 16 nitrogen and oxygen atoms in total. The van der Waals surface area contributed by atoms with Crippen molar-refractivity contribution in [3.05, 3.63) is 158 Å². The Kier molecular flexibility index (Phi) is 15.9. The number of ether oxygens (including phenoxy) is 2. The topological polar surface area (TPSA) is 195 Å². The lowest BCUT2D eigenvalue weighted by Crippen LogP contribution is -2.52. The smallest absolute Gasteiger partial charge is 0.283 e. The number of carbonyl (C=O) groups is 4. The summed E-state index contributed by atoms with van der Waals surface area (Å²) in [5.74, 6) is -3.57. The molecule has 10 rings (SSSR count). The van der Waals surface area contributed by atoms with Gasteiger partial charge >= 0.3 is 0 Å². The van der Waals surface area contributed by atoms with E-state index in [-0.39, 0.29) is 56.6 Å². The van der Waals surface area contributed by atoms with Gasteiger partial charge in [0.25, 0.3) is 11.8 Å². The van der Waals surface area contributed by atoms with E-state index in [9.17, 15) is 37.5 Å². The van der Waals surface area contributed by atoms with E-state index in [1.54, 1.807) is 41.7 Å². The van der Waals surface area contributed by atoms with Crippen LogP contribution in [0.25, 0.3) is 10.6 Å². The molecule has 3 amide bonds. The summed E-state index contributed by atoms with van der Waals surface area (Å²) in [4.78, 5) is 60.9. The maximum Gasteiger partial charge on any atom is 0.283 e. The van der Waals surface area contributed by atoms with Crippen LogP contribution in [0.2, 0.25) is 13.1 Å². The summed E-state index contributed by atoms with van der Waals surface area (Å²) in [6.45, 7) is 17.7. The van der Waals surface area contributed by atoms with Crippen LogP contribution in [-0.4, -0.2) is 141 Å². The number of alkyl halides is 2. The monoisotopic (exact) mass is 1130 g/mol. The van der Waals surface area contributed by atoms with Gasteiger partial charge in [-0.2, -0.15) is 23.5 Å². The predicted octanol–water partition coefficient (Wildman–Crippen LogP) is 6.27. The zero-order chi connectivity index (χ0) is 56.7. The van der Waals surface area contributed by atoms with Gasteiger partial charge in [0.2, 0.25) is 12.1 Å². The number of carboxylic acid groups (broad SMARTS) is 1. The molecule has 0 unspecified atom stereocenters. The van der Waals surface area contributed by atoms with Crippen molar-refractivity contribution in [2.24, 2.45) is 10.9 Å². The summed E-state index contributed by atoms with van der Waals surface area (Å²) >= 11 is 1.58. The van der Waals surface area contributed by atoms with E-state index in [4.69, 9.17) is 14.5 Å². The number of hydrogen-bond acceptors (Lipinski definition) is 12. The molecule has 2 saturated heterocycles. The molecule has 3 N–H and O–H groups in total. The number of carbonyl (C=O) groups excluding carboxylic acids is 4. The Labute approximate surface area is 466 Å². The van der Waals surface area contributed by atoms with Crippen LogP contribution >= 0.6 is 11.3 Å². The summed E-state index contributed by atoms with van der Waals surface area (Å²) in [7, 11) is -2.51. The molecule has 21 heteroatoms. The first kappa shape index (κ1) is 55.7. The van der Waals surface area contributed by atoms with E-state index in [1.807, 2.05) is 66.0 Å². The molecule has 0 radical (unpaired) electrons. The predicted molar refractivity (Wildman–Crippen MR) is 302 cm³/mol. The molecule has 6 heterocycles. The molecular formula is C59H62F3N9O7SSi-. The number of thiophene rings is 1. The fourth-order valence-corrected chi connectivity index (χ4v) is 15.3. The molecule has 2 aromatic heterocycles. The lowest BCUT2D eigenvalue weighted by Gasteiger charge is -2.48. The van der Waals surface area contributed by atoms with Gasteiger partial charge in [-0.25, -0.2) is 17.7 Å². The normalized spacial score (nSPS) is 18.3. The average molecular weight is 1130 g/mol. The Morgan fingerprint density at radius 3 is 2.27 bits per heavy atom. The number of carboxylic acids is 1. The quantitative estimate of drug-likeness (QED) is 0.0368. The lowest BCUT2D eigenvalue weighted by atomic mass is 9.86. The van der Waals surface area contributed by atoms with Gasteiger partial charge in [-0.1, -0.05) is 58.0 Å². The van der Waals surface area contributed by atoms with Crippen molar-refractivity contribution in [1.29, 1.82) is 0 Å². The van der Waals surface area contributed by atoms with E-state index < -0.39 is 56.0 Å². The second-order valence-corrected chi connectivity index (χ2v) is 26.6. The number of aryl methyl sites for hydroxylation is 2. The maximum atomic E-state index is 14.0. The van der Waals surface area contributed by atoms with Crippen molar-refractivity contribution >= 4 is 76.7 Å². The van der Waals surface area contributed by atoms with Crippen molar-refractivity contribution in [3.63, 3.8) is 0 Å². The minimum Gasteiger partial charge on any atom is -0.545 e. The SMILES string of the molecule is C=C(F)C(=O)Nc1ccc(C2=N[C@@H]([C@@H](CC)C(=O)NCCOCCOCCNC(=O)c3ccc(C(=O)[O-])c(C4=C5C=CC(=[N+]6CC(F)C6)C=C5[Si-](C)(C)c5cc(N6CC(F)C6)ccc54)c3)c3nnc(C)n3-c3sc(C)c(C)c32)cc1. The number of aromatic nitrogens is 3. The molecule has 1 aliphatic carbocycles. The van der Waals surface area contributed by atoms with Crippen molar-refractivity contribution in [2.75, 3.05) is 75.9 Å². The van der Waals surface area contributed by atoms with E-state index >= 15 is 0 Å². The first-order valence-corrected chi connectivity index (χ1v) is 30.5. The van der Waals surface area contributed by atoms with Gasteiger partial charge in [-0.15, -0.1) is 21.5 Å². The first-order valence-electron chi connectivity index (χ1n) is 26.7. The van der Waals surface area contributed by atoms with Gasteiger partial charge in [0, 0.05) is 57.7 Å². The highest BCUT2D eigenvalue weighted by molar-refractivity contribution is 7.15. The average Bonchev–Trinajstić information content (AvgIpc) is 3.89. The number of fused-ring (bicyclic) bond motifs is 5. The molecule has 80 heavy (non-hydrogen) atoms. The third-order valence-electron chi connectivity index (χ3n) is 15.5. The number of aliphatic imine (C=N–C) groups is 1. The lowest BCUT2D eigenvalue weighted by molar-refractivity contribution is -0.599. The van der Waals surface area contributed by atoms with Crippen LogP contribution in [0.15, 0.2) is 107 Å². The number of halogens is 3. The van der Waals surface area contributed by atoms with Crippen LogP contribution < -0.4 is 31.1 Å². The summed E-state index contributed by atoms with van der Waals surface area (Å²) in [5.41, 5.74) is 8.23. The minimum absolute atomic E-state index is 0.0768. The van der Waals surface area contributed by atoms with Gasteiger partial charge in [0.05, 0.1) is 57.1 Å². The molecule has 417 valence electrons. The zero-order valence-electron chi connectivity index (χ0n) is 45.4. The number of amides is 3. The number of nitrogens with zero attached hydrogens (tertiary/aromatic N) is 6. The van der Waals surface area contributed by atoms with Crippen LogP contribution in [0.3, 0.4) is 0 Å². The molecule has 3 aromatic carbocycles. The van der Waals surface area contributed by atoms with E-state index in [1.165, 1.54) is 12.1 Å². The van der Waals surface area contributed by atoms with Gasteiger partial charge < -0.3 is 40.2 Å². The number of aromatic carboxylic acids is 1. The van der Waals surface area contributed by atoms with Crippen LogP contribution in [0, 0.1) is 26.7 Å². The summed E-state index contributed by atoms with van der Waals surface area (Å²) in [5, 5.41) is 33.1. The number of hydrogen-bond donors (Lipinski definition) is 3. The van der Waals surface area contributed by atoms with E-state index in [0.717, 1.165) is 59.5 Å². The zero-order valence-corrected chi connectivity index (χ0v) is 47.2. The Hall–Kier alpha value is -7.59. The van der Waals surface area contributed by atoms with Gasteiger partial charge in [-0.05, 0) is 91.4 Å². The third-order valence-corrected chi connectivity index (χ3v) is 20.2. The largest absolute Gasteiger partial charge is 0.545 e. The van der Waals surface area contributed by atoms with Crippen molar-refractivity contribution in [1.82, 2.24) is 25.4 Å². The molecule has 4 aliphatic heterocycles. The molecule has 0 spiro atoms. The van der Waals surface area contributed by atoms with E-state index in [2.05, 4.69) is 58.0 Å². The van der Waals surface area contributed by atoms with Crippen LogP contribution in [0.5, 0.6) is 0 Å². The highest BCUT2D eigenvalue weighted by atomic mass is 32.1.